The van der Waals surface area contributed by atoms with Gasteiger partial charge in [0.25, 0.3) is 5.91 Å². The molecule has 0 N–H and O–H groups in total. The Morgan fingerprint density at radius 3 is 2.62 bits per heavy atom. The molecule has 1 amide bonds. The molecule has 29 heavy (non-hydrogen) atoms. The van der Waals surface area contributed by atoms with Crippen molar-refractivity contribution in [2.45, 2.75) is 19.4 Å². The van der Waals surface area contributed by atoms with Crippen LogP contribution in [0.2, 0.25) is 5.02 Å². The first kappa shape index (κ1) is 19.6. The third-order valence-electron chi connectivity index (χ3n) is 5.27. The average Bonchev–Trinajstić information content (AvgIpc) is 2.97. The number of hydrogen-bond donors (Lipinski definition) is 0. The molecular formula is C22H22ClN3O3. The fourth-order valence-electron chi connectivity index (χ4n) is 3.82. The lowest BCUT2D eigenvalue weighted by molar-refractivity contribution is 0.0722. The second-order valence-electron chi connectivity index (χ2n) is 7.61. The number of hydrogen-bond acceptors (Lipinski definition) is 5. The van der Waals surface area contributed by atoms with Crippen molar-refractivity contribution in [1.82, 2.24) is 14.8 Å². The van der Waals surface area contributed by atoms with E-state index >= 15 is 0 Å². The maximum absolute atomic E-state index is 13.4. The van der Waals surface area contributed by atoms with E-state index in [1.807, 2.05) is 33.2 Å². The molecule has 1 aromatic carbocycles. The minimum Gasteiger partial charge on any atom is -0.450 e. The van der Waals surface area contributed by atoms with Gasteiger partial charge in [-0.05, 0) is 69.4 Å². The molecule has 4 rings (SSSR count). The Kier molecular flexibility index (Phi) is 5.15. The highest BCUT2D eigenvalue weighted by Crippen LogP contribution is 2.38. The molecule has 0 bridgehead atoms. The number of halogens is 1. The van der Waals surface area contributed by atoms with Gasteiger partial charge < -0.3 is 14.2 Å². The number of benzene rings is 1. The summed E-state index contributed by atoms with van der Waals surface area (Å²) in [7, 11) is 3.98. The molecule has 1 aliphatic rings. The number of carbonyl (C=O) groups excluding carboxylic acids is 1. The average molecular weight is 412 g/mol. The molecule has 0 aliphatic carbocycles. The molecular weight excluding hydrogens is 390 g/mol. The van der Waals surface area contributed by atoms with E-state index < -0.39 is 6.04 Å². The lowest BCUT2D eigenvalue weighted by Crippen LogP contribution is -2.32. The van der Waals surface area contributed by atoms with Crippen molar-refractivity contribution in [2.24, 2.45) is 0 Å². The number of amides is 1. The number of nitrogens with zero attached hydrogens (tertiary/aromatic N) is 3. The summed E-state index contributed by atoms with van der Waals surface area (Å²) in [6, 6.07) is 6.50. The van der Waals surface area contributed by atoms with Crippen LogP contribution in [0.25, 0.3) is 11.0 Å². The van der Waals surface area contributed by atoms with Gasteiger partial charge in [-0.15, -0.1) is 0 Å². The minimum atomic E-state index is -0.497. The van der Waals surface area contributed by atoms with E-state index in [1.54, 1.807) is 29.4 Å². The van der Waals surface area contributed by atoms with Gasteiger partial charge in [-0.25, -0.2) is 0 Å². The molecule has 1 aliphatic heterocycles. The topological polar surface area (TPSA) is 66.7 Å². The Balaban J connectivity index is 1.89. The van der Waals surface area contributed by atoms with Gasteiger partial charge in [0.2, 0.25) is 5.76 Å². The first-order valence-electron chi connectivity index (χ1n) is 9.51. The molecule has 150 valence electrons. The summed E-state index contributed by atoms with van der Waals surface area (Å²) in [5, 5.41) is 0.888. The van der Waals surface area contributed by atoms with Crippen molar-refractivity contribution >= 4 is 28.5 Å². The summed E-state index contributed by atoms with van der Waals surface area (Å²) < 4.78 is 5.97. The van der Waals surface area contributed by atoms with E-state index in [0.29, 0.717) is 28.1 Å². The van der Waals surface area contributed by atoms with Crippen LogP contribution in [0.5, 0.6) is 0 Å². The van der Waals surface area contributed by atoms with Crippen LogP contribution in [0.4, 0.5) is 0 Å². The van der Waals surface area contributed by atoms with Crippen molar-refractivity contribution in [3.63, 3.8) is 0 Å². The van der Waals surface area contributed by atoms with Gasteiger partial charge in [0.15, 0.2) is 5.43 Å². The molecule has 1 unspecified atom stereocenters. The van der Waals surface area contributed by atoms with Gasteiger partial charge in [0.1, 0.15) is 5.58 Å². The zero-order valence-electron chi connectivity index (χ0n) is 16.6. The van der Waals surface area contributed by atoms with Crippen molar-refractivity contribution in [3.8, 4) is 0 Å². The fraction of sp³-hybridized carbons (Fsp3) is 0.318. The number of aryl methyl sites for hydroxylation is 1. The maximum atomic E-state index is 13.4. The van der Waals surface area contributed by atoms with Crippen LogP contribution >= 0.6 is 11.6 Å². The summed E-state index contributed by atoms with van der Waals surface area (Å²) in [4.78, 5) is 34.5. The molecule has 2 aromatic heterocycles. The normalized spacial score (nSPS) is 16.1. The van der Waals surface area contributed by atoms with Crippen LogP contribution < -0.4 is 5.43 Å². The van der Waals surface area contributed by atoms with Gasteiger partial charge in [-0.3, -0.25) is 14.6 Å². The van der Waals surface area contributed by atoms with Gasteiger partial charge >= 0.3 is 0 Å². The first-order chi connectivity index (χ1) is 13.9. The van der Waals surface area contributed by atoms with Crippen LogP contribution in [0.3, 0.4) is 0 Å². The minimum absolute atomic E-state index is 0.121. The van der Waals surface area contributed by atoms with E-state index in [9.17, 15) is 9.59 Å². The predicted octanol–water partition coefficient (Wildman–Crippen LogP) is 3.65. The van der Waals surface area contributed by atoms with Gasteiger partial charge in [-0.2, -0.15) is 0 Å². The van der Waals surface area contributed by atoms with Crippen LogP contribution in [-0.2, 0) is 0 Å². The molecule has 3 heterocycles. The first-order valence-corrected chi connectivity index (χ1v) is 9.88. The van der Waals surface area contributed by atoms with E-state index in [1.165, 1.54) is 0 Å². The summed E-state index contributed by atoms with van der Waals surface area (Å²) in [5.74, 6) is -0.136. The van der Waals surface area contributed by atoms with E-state index in [-0.39, 0.29) is 17.1 Å². The van der Waals surface area contributed by atoms with Gasteiger partial charge in [-0.1, -0.05) is 11.6 Å². The summed E-state index contributed by atoms with van der Waals surface area (Å²) in [6.07, 6.45) is 4.12. The second-order valence-corrected chi connectivity index (χ2v) is 8.02. The zero-order chi connectivity index (χ0) is 20.7. The van der Waals surface area contributed by atoms with E-state index in [0.717, 1.165) is 24.1 Å². The standard InChI is InChI=1S/C22H22ClN3O3/c1-13-11-17-15(12-16(13)23)20(27)18-19(14-5-7-24-8-6-14)26(10-4-9-25(2)3)22(28)21(18)29-17/h5-8,11-12,19H,4,9-10H2,1-3H3. The van der Waals surface area contributed by atoms with Crippen molar-refractivity contribution in [2.75, 3.05) is 27.2 Å². The highest BCUT2D eigenvalue weighted by molar-refractivity contribution is 6.32. The van der Waals surface area contributed by atoms with Crippen molar-refractivity contribution < 1.29 is 9.21 Å². The van der Waals surface area contributed by atoms with E-state index in [4.69, 9.17) is 16.0 Å². The number of carbonyl (C=O) groups is 1. The molecule has 0 fully saturated rings. The maximum Gasteiger partial charge on any atom is 0.290 e. The molecule has 7 heteroatoms. The Hall–Kier alpha value is -2.70. The summed E-state index contributed by atoms with van der Waals surface area (Å²) in [6.45, 7) is 3.19. The Bertz CT molecular complexity index is 1140. The molecule has 0 radical (unpaired) electrons. The van der Waals surface area contributed by atoms with Crippen LogP contribution in [0.15, 0.2) is 45.9 Å². The van der Waals surface area contributed by atoms with Gasteiger partial charge in [0, 0.05) is 24.0 Å². The molecule has 3 aromatic rings. The SMILES string of the molecule is Cc1cc2oc3c(c(=O)c2cc1Cl)C(c1ccncc1)N(CCCN(C)C)C3=O. The Labute approximate surface area is 173 Å². The highest BCUT2D eigenvalue weighted by atomic mass is 35.5. The van der Waals surface area contributed by atoms with Crippen LogP contribution in [0, 0.1) is 6.92 Å². The van der Waals surface area contributed by atoms with Crippen LogP contribution in [-0.4, -0.2) is 47.9 Å². The molecule has 0 saturated carbocycles. The molecule has 1 atom stereocenters. The Morgan fingerprint density at radius 2 is 1.93 bits per heavy atom. The summed E-state index contributed by atoms with van der Waals surface area (Å²) >= 11 is 6.25. The lowest BCUT2D eigenvalue weighted by Gasteiger charge is -2.25. The summed E-state index contributed by atoms with van der Waals surface area (Å²) in [5.41, 5.74) is 2.17. The van der Waals surface area contributed by atoms with Gasteiger partial charge in [0.05, 0.1) is 17.0 Å². The largest absolute Gasteiger partial charge is 0.450 e. The number of aromatic nitrogens is 1. The fourth-order valence-corrected chi connectivity index (χ4v) is 3.98. The van der Waals surface area contributed by atoms with Crippen molar-refractivity contribution in [3.05, 3.63) is 74.4 Å². The quantitative estimate of drug-likeness (QED) is 0.641. The number of rotatable bonds is 5. The molecule has 0 spiro atoms. The van der Waals surface area contributed by atoms with Crippen LogP contribution in [0.1, 0.15) is 39.7 Å². The number of fused-ring (bicyclic) bond motifs is 2. The second kappa shape index (κ2) is 7.61. The van der Waals surface area contributed by atoms with E-state index in [2.05, 4.69) is 9.88 Å². The van der Waals surface area contributed by atoms with Crippen molar-refractivity contribution in [1.29, 1.82) is 0 Å². The molecule has 0 saturated heterocycles. The Morgan fingerprint density at radius 1 is 1.21 bits per heavy atom. The third kappa shape index (κ3) is 3.43. The highest BCUT2D eigenvalue weighted by Gasteiger charge is 2.42. The smallest absolute Gasteiger partial charge is 0.290 e. The zero-order valence-corrected chi connectivity index (χ0v) is 17.4. The number of pyridine rings is 1. The molecule has 6 nitrogen and oxygen atoms in total. The predicted molar refractivity (Wildman–Crippen MR) is 113 cm³/mol. The lowest BCUT2D eigenvalue weighted by atomic mass is 9.99. The third-order valence-corrected chi connectivity index (χ3v) is 5.68. The monoisotopic (exact) mass is 411 g/mol.